The van der Waals surface area contributed by atoms with Gasteiger partial charge in [-0.3, -0.25) is 4.79 Å². The Balaban J connectivity index is 2.10. The van der Waals surface area contributed by atoms with Gasteiger partial charge in [-0.1, -0.05) is 51.4 Å². The van der Waals surface area contributed by atoms with E-state index in [2.05, 4.69) is 36.6 Å². The summed E-state index contributed by atoms with van der Waals surface area (Å²) < 4.78 is 0. The number of amides is 3. The van der Waals surface area contributed by atoms with E-state index in [4.69, 9.17) is 11.6 Å². The summed E-state index contributed by atoms with van der Waals surface area (Å²) >= 11 is 6.02. The van der Waals surface area contributed by atoms with Gasteiger partial charge in [0.15, 0.2) is 0 Å². The number of hydrogen-bond donors (Lipinski definition) is 3. The highest BCUT2D eigenvalue weighted by Crippen LogP contribution is 2.42. The Kier molecular flexibility index (Phi) is 7.23. The quantitative estimate of drug-likeness (QED) is 0.631. The van der Waals surface area contributed by atoms with Gasteiger partial charge in [-0.25, -0.2) is 4.79 Å². The van der Waals surface area contributed by atoms with Crippen LogP contribution in [-0.4, -0.2) is 46.8 Å². The molecule has 0 radical (unpaired) electrons. The molecule has 0 aromatic heterocycles. The Labute approximate surface area is 179 Å². The summed E-state index contributed by atoms with van der Waals surface area (Å²) in [7, 11) is 0. The van der Waals surface area contributed by atoms with Gasteiger partial charge in [0, 0.05) is 18.1 Å². The molecule has 3 N–H and O–H groups in total. The maximum absolute atomic E-state index is 13.2. The zero-order chi connectivity index (χ0) is 22.0. The summed E-state index contributed by atoms with van der Waals surface area (Å²) in [4.78, 5) is 27.3. The third kappa shape index (κ3) is 6.34. The normalized spacial score (nSPS) is 20.3. The minimum absolute atomic E-state index is 0.0767. The molecule has 2 unspecified atom stereocenters. The highest BCUT2D eigenvalue weighted by atomic mass is 35.5. The lowest BCUT2D eigenvalue weighted by molar-refractivity contribution is -0.137. The van der Waals surface area contributed by atoms with Gasteiger partial charge < -0.3 is 20.6 Å². The highest BCUT2D eigenvalue weighted by Gasteiger charge is 2.40. The van der Waals surface area contributed by atoms with Crippen LogP contribution in [0.1, 0.15) is 59.4 Å². The van der Waals surface area contributed by atoms with Gasteiger partial charge in [-0.05, 0) is 55.2 Å². The molecule has 1 aliphatic rings. The van der Waals surface area contributed by atoms with Crippen LogP contribution in [0, 0.1) is 11.3 Å². The van der Waals surface area contributed by atoms with E-state index in [1.54, 1.807) is 0 Å². The van der Waals surface area contributed by atoms with Crippen LogP contribution in [0.15, 0.2) is 24.3 Å². The van der Waals surface area contributed by atoms with Crippen molar-refractivity contribution in [2.75, 3.05) is 13.1 Å². The van der Waals surface area contributed by atoms with Gasteiger partial charge in [0.1, 0.15) is 11.8 Å². The van der Waals surface area contributed by atoms with Crippen molar-refractivity contribution in [2.24, 2.45) is 11.3 Å². The topological polar surface area (TPSA) is 81.7 Å². The number of likely N-dealkylation sites (tertiary alicyclic amines) is 1. The second-order valence-electron chi connectivity index (χ2n) is 9.52. The van der Waals surface area contributed by atoms with Crippen molar-refractivity contribution in [3.8, 4) is 0 Å². The maximum Gasteiger partial charge on any atom is 0.317 e. The minimum atomic E-state index is -1.35. The van der Waals surface area contributed by atoms with Gasteiger partial charge in [-0.2, -0.15) is 0 Å². The van der Waals surface area contributed by atoms with Gasteiger partial charge >= 0.3 is 6.03 Å². The predicted molar refractivity (Wildman–Crippen MR) is 116 cm³/mol. The maximum atomic E-state index is 13.2. The molecule has 3 amide bonds. The molecule has 0 spiro atoms. The number of nitrogens with zero attached hydrogens (tertiary/aromatic N) is 1. The van der Waals surface area contributed by atoms with Crippen LogP contribution < -0.4 is 10.6 Å². The molecule has 1 fully saturated rings. The number of carbonyl (C=O) groups is 2. The second kappa shape index (κ2) is 8.92. The zero-order valence-corrected chi connectivity index (χ0v) is 19.0. The van der Waals surface area contributed by atoms with E-state index in [1.807, 2.05) is 30.9 Å². The van der Waals surface area contributed by atoms with Crippen LogP contribution in [0.3, 0.4) is 0 Å². The molecule has 7 heteroatoms. The molecule has 29 heavy (non-hydrogen) atoms. The summed E-state index contributed by atoms with van der Waals surface area (Å²) in [6.45, 7) is 12.3. The largest absolute Gasteiger partial charge is 0.372 e. The molecule has 6 nitrogen and oxygen atoms in total. The van der Waals surface area contributed by atoms with Crippen LogP contribution in [-0.2, 0) is 4.79 Å². The van der Waals surface area contributed by atoms with Crippen molar-refractivity contribution in [2.45, 2.75) is 65.6 Å². The molecule has 1 saturated heterocycles. The molecule has 0 saturated carbocycles. The molecule has 2 rings (SSSR count). The van der Waals surface area contributed by atoms with Crippen LogP contribution in [0.25, 0.3) is 0 Å². The van der Waals surface area contributed by atoms with E-state index in [0.717, 1.165) is 6.42 Å². The molecule has 1 aromatic rings. The van der Waals surface area contributed by atoms with E-state index >= 15 is 0 Å². The summed E-state index contributed by atoms with van der Waals surface area (Å²) in [6, 6.07) is 6.73. The van der Waals surface area contributed by atoms with Crippen molar-refractivity contribution in [1.82, 2.24) is 15.5 Å². The number of aliphatic hydroxyl groups is 1. The predicted octanol–water partition coefficient (Wildman–Crippen LogP) is 3.73. The Morgan fingerprint density at radius 2 is 1.83 bits per heavy atom. The van der Waals surface area contributed by atoms with Crippen LogP contribution in [0.5, 0.6) is 0 Å². The first kappa shape index (κ1) is 23.5. The van der Waals surface area contributed by atoms with Crippen molar-refractivity contribution >= 4 is 23.5 Å². The van der Waals surface area contributed by atoms with Crippen molar-refractivity contribution in [3.63, 3.8) is 0 Å². The number of benzene rings is 1. The molecule has 0 aliphatic carbocycles. The SMILES string of the molecule is CC(C)C(NC(=O)NC(C)(C)O)C(=O)N1CCC(c2ccc(Cl)cc2)C(C)(C)C1. The number of rotatable bonds is 5. The van der Waals surface area contributed by atoms with Gasteiger partial charge in [0.05, 0.1) is 0 Å². The standard InChI is InChI=1S/C22H34ClN3O3/c1-14(2)18(24-20(28)25-22(5,6)29)19(27)26-12-11-17(21(3,4)13-26)15-7-9-16(23)10-8-15/h7-10,14,17-18,29H,11-13H2,1-6H3,(H2,24,25,28). The van der Waals surface area contributed by atoms with Crippen molar-refractivity contribution in [1.29, 1.82) is 0 Å². The van der Waals surface area contributed by atoms with E-state index in [9.17, 15) is 14.7 Å². The molecular weight excluding hydrogens is 390 g/mol. The van der Waals surface area contributed by atoms with Crippen molar-refractivity contribution in [3.05, 3.63) is 34.9 Å². The van der Waals surface area contributed by atoms with Crippen LogP contribution >= 0.6 is 11.6 Å². The number of carbonyl (C=O) groups excluding carboxylic acids is 2. The molecule has 1 heterocycles. The lowest BCUT2D eigenvalue weighted by atomic mass is 9.70. The van der Waals surface area contributed by atoms with Gasteiger partial charge in [0.2, 0.25) is 5.91 Å². The lowest BCUT2D eigenvalue weighted by Gasteiger charge is -2.45. The number of halogens is 1. The Morgan fingerprint density at radius 3 is 2.31 bits per heavy atom. The molecular formula is C22H34ClN3O3. The number of nitrogens with one attached hydrogen (secondary N) is 2. The summed E-state index contributed by atoms with van der Waals surface area (Å²) in [5, 5.41) is 15.7. The second-order valence-corrected chi connectivity index (χ2v) is 9.96. The Hall–Kier alpha value is -1.79. The first-order valence-corrected chi connectivity index (χ1v) is 10.5. The monoisotopic (exact) mass is 423 g/mol. The zero-order valence-electron chi connectivity index (χ0n) is 18.3. The van der Waals surface area contributed by atoms with Crippen LogP contribution in [0.2, 0.25) is 5.02 Å². The van der Waals surface area contributed by atoms with Crippen LogP contribution in [0.4, 0.5) is 4.79 Å². The van der Waals surface area contributed by atoms with Crippen molar-refractivity contribution < 1.29 is 14.7 Å². The molecule has 0 bridgehead atoms. The molecule has 162 valence electrons. The lowest BCUT2D eigenvalue weighted by Crippen LogP contribution is -2.59. The highest BCUT2D eigenvalue weighted by molar-refractivity contribution is 6.30. The smallest absolute Gasteiger partial charge is 0.317 e. The van der Waals surface area contributed by atoms with E-state index in [0.29, 0.717) is 24.0 Å². The average Bonchev–Trinajstić information content (AvgIpc) is 2.57. The molecule has 1 aromatic carbocycles. The first-order valence-electron chi connectivity index (χ1n) is 10.2. The third-order valence-electron chi connectivity index (χ3n) is 5.45. The van der Waals surface area contributed by atoms with Gasteiger partial charge in [0.25, 0.3) is 0 Å². The Bertz CT molecular complexity index is 726. The number of urea groups is 1. The van der Waals surface area contributed by atoms with E-state index in [1.165, 1.54) is 19.4 Å². The molecule has 2 atom stereocenters. The Morgan fingerprint density at radius 1 is 1.24 bits per heavy atom. The first-order chi connectivity index (χ1) is 13.3. The summed E-state index contributed by atoms with van der Waals surface area (Å²) in [5.41, 5.74) is -0.235. The fourth-order valence-corrected chi connectivity index (χ4v) is 4.15. The minimum Gasteiger partial charge on any atom is -0.372 e. The van der Waals surface area contributed by atoms with E-state index < -0.39 is 17.8 Å². The molecule has 1 aliphatic heterocycles. The summed E-state index contributed by atoms with van der Waals surface area (Å²) in [5.74, 6) is 0.161. The summed E-state index contributed by atoms with van der Waals surface area (Å²) in [6.07, 6.45) is 0.848. The average molecular weight is 424 g/mol. The van der Waals surface area contributed by atoms with E-state index in [-0.39, 0.29) is 17.2 Å². The number of piperidine rings is 1. The number of hydrogen-bond acceptors (Lipinski definition) is 3. The van der Waals surface area contributed by atoms with Gasteiger partial charge in [-0.15, -0.1) is 0 Å². The third-order valence-corrected chi connectivity index (χ3v) is 5.70. The fraction of sp³-hybridized carbons (Fsp3) is 0.636. The fourth-order valence-electron chi connectivity index (χ4n) is 4.02.